The molecule has 4 nitrogen and oxygen atoms in total. The Hall–Kier alpha value is -1.23. The van der Waals surface area contributed by atoms with Gasteiger partial charge >= 0.3 is 5.97 Å². The molecule has 0 saturated heterocycles. The Bertz CT molecular complexity index is 551. The van der Waals surface area contributed by atoms with Crippen LogP contribution in [0.5, 0.6) is 5.75 Å². The summed E-state index contributed by atoms with van der Waals surface area (Å²) in [5, 5.41) is 9.40. The summed E-state index contributed by atoms with van der Waals surface area (Å²) in [5.41, 5.74) is 1.96. The lowest BCUT2D eigenvalue weighted by atomic mass is 10.1. The third kappa shape index (κ3) is 2.32. The minimum Gasteiger partial charge on any atom is -0.447 e. The topological polar surface area (TPSA) is 55.8 Å². The van der Waals surface area contributed by atoms with Gasteiger partial charge in [-0.2, -0.15) is 0 Å². The smallest absolute Gasteiger partial charge is 0.378 e. The van der Waals surface area contributed by atoms with Crippen LogP contribution in [0.4, 0.5) is 0 Å². The van der Waals surface area contributed by atoms with Crippen LogP contribution in [-0.4, -0.2) is 17.4 Å². The Morgan fingerprint density at radius 2 is 1.89 bits per heavy atom. The van der Waals surface area contributed by atoms with E-state index in [1.807, 2.05) is 13.8 Å². The number of aliphatic hydroxyl groups is 1. The van der Waals surface area contributed by atoms with Crippen LogP contribution in [0.2, 0.25) is 5.02 Å². The lowest BCUT2D eigenvalue weighted by Crippen LogP contribution is -2.09. The van der Waals surface area contributed by atoms with Crippen LogP contribution in [0.1, 0.15) is 11.1 Å². The molecule has 0 fully saturated rings. The first-order valence-electron chi connectivity index (χ1n) is 5.13. The lowest BCUT2D eigenvalue weighted by Gasteiger charge is -2.09. The quantitative estimate of drug-likeness (QED) is 0.850. The number of hydrogen-bond acceptors (Lipinski definition) is 4. The molecular weight excluding hydrogens is 279 g/mol. The molecule has 2 rings (SSSR count). The Morgan fingerprint density at radius 1 is 1.28 bits per heavy atom. The molecule has 1 aromatic rings. The van der Waals surface area contributed by atoms with Gasteiger partial charge in [-0.3, -0.25) is 0 Å². The van der Waals surface area contributed by atoms with E-state index in [2.05, 4.69) is 4.74 Å². The predicted octanol–water partition coefficient (Wildman–Crippen LogP) is 2.66. The maximum Gasteiger partial charge on any atom is 0.378 e. The average molecular weight is 289 g/mol. The van der Waals surface area contributed by atoms with Crippen LogP contribution >= 0.6 is 23.2 Å². The molecule has 1 aliphatic heterocycles. The van der Waals surface area contributed by atoms with E-state index in [0.717, 1.165) is 11.1 Å². The van der Waals surface area contributed by atoms with Gasteiger partial charge < -0.3 is 14.6 Å². The molecule has 0 amide bonds. The molecule has 0 aliphatic carbocycles. The van der Waals surface area contributed by atoms with E-state index in [-0.39, 0.29) is 10.8 Å². The van der Waals surface area contributed by atoms with E-state index < -0.39 is 12.3 Å². The summed E-state index contributed by atoms with van der Waals surface area (Å²) in [6, 6.07) is 3.41. The van der Waals surface area contributed by atoms with Gasteiger partial charge in [0.25, 0.3) is 0 Å². The number of aryl methyl sites for hydroxylation is 2. The molecule has 1 aliphatic rings. The summed E-state index contributed by atoms with van der Waals surface area (Å²) in [6.45, 7) is 3.79. The summed E-state index contributed by atoms with van der Waals surface area (Å²) >= 11 is 11.7. The Balaban J connectivity index is 2.36. The number of carbonyl (C=O) groups is 1. The molecule has 0 spiro atoms. The number of rotatable bonds is 2. The van der Waals surface area contributed by atoms with Gasteiger partial charge in [0.05, 0.1) is 5.02 Å². The van der Waals surface area contributed by atoms with E-state index in [1.54, 1.807) is 12.1 Å². The van der Waals surface area contributed by atoms with Crippen molar-refractivity contribution >= 4 is 29.2 Å². The SMILES string of the molecule is Cc1cc(Cl)c(OC2=C(Cl)[C@@H](O)OC2=O)cc1C. The molecule has 1 atom stereocenters. The van der Waals surface area contributed by atoms with Crippen molar-refractivity contribution < 1.29 is 19.4 Å². The number of cyclic esters (lactones) is 1. The first-order valence-corrected chi connectivity index (χ1v) is 5.89. The molecule has 1 aromatic carbocycles. The molecule has 1 heterocycles. The van der Waals surface area contributed by atoms with Crippen LogP contribution < -0.4 is 4.74 Å². The molecule has 6 heteroatoms. The fraction of sp³-hybridized carbons (Fsp3) is 0.250. The van der Waals surface area contributed by atoms with Gasteiger partial charge in [-0.15, -0.1) is 0 Å². The van der Waals surface area contributed by atoms with Crippen LogP contribution in [0.25, 0.3) is 0 Å². The highest BCUT2D eigenvalue weighted by atomic mass is 35.5. The van der Waals surface area contributed by atoms with Crippen molar-refractivity contribution in [2.24, 2.45) is 0 Å². The van der Waals surface area contributed by atoms with Gasteiger partial charge in [0, 0.05) is 0 Å². The second kappa shape index (κ2) is 4.80. The Morgan fingerprint density at radius 3 is 2.44 bits per heavy atom. The number of hydrogen-bond donors (Lipinski definition) is 1. The minimum absolute atomic E-state index is 0.186. The monoisotopic (exact) mass is 288 g/mol. The first-order chi connectivity index (χ1) is 8.40. The zero-order chi connectivity index (χ0) is 13.4. The van der Waals surface area contributed by atoms with Crippen molar-refractivity contribution in [2.75, 3.05) is 0 Å². The van der Waals surface area contributed by atoms with E-state index in [9.17, 15) is 9.90 Å². The number of carbonyl (C=O) groups excluding carboxylic acids is 1. The van der Waals surface area contributed by atoms with E-state index in [4.69, 9.17) is 27.9 Å². The third-order valence-corrected chi connectivity index (χ3v) is 3.25. The lowest BCUT2D eigenvalue weighted by molar-refractivity contribution is -0.153. The normalized spacial score (nSPS) is 19.2. The standard InChI is InChI=1S/C12H10Cl2O4/c1-5-3-7(13)8(4-6(5)2)17-10-9(14)11(15)18-12(10)16/h3-4,11,15H,1-2H3/t11-/m0/s1. The second-order valence-corrected chi connectivity index (χ2v) is 4.72. The Labute approximate surface area is 114 Å². The average Bonchev–Trinajstić information content (AvgIpc) is 2.52. The van der Waals surface area contributed by atoms with Crippen molar-refractivity contribution in [1.29, 1.82) is 0 Å². The molecule has 0 bridgehead atoms. The molecular formula is C12H10Cl2O4. The second-order valence-electron chi connectivity index (χ2n) is 3.90. The fourth-order valence-electron chi connectivity index (χ4n) is 1.45. The molecule has 0 aromatic heterocycles. The fourth-order valence-corrected chi connectivity index (χ4v) is 1.87. The summed E-state index contributed by atoms with van der Waals surface area (Å²) < 4.78 is 9.81. The highest BCUT2D eigenvalue weighted by molar-refractivity contribution is 6.33. The number of esters is 1. The van der Waals surface area contributed by atoms with Gasteiger partial charge in [0.15, 0.2) is 0 Å². The zero-order valence-electron chi connectivity index (χ0n) is 9.66. The molecule has 96 valence electrons. The van der Waals surface area contributed by atoms with Crippen LogP contribution in [0.3, 0.4) is 0 Å². The molecule has 18 heavy (non-hydrogen) atoms. The largest absolute Gasteiger partial charge is 0.447 e. The van der Waals surface area contributed by atoms with Crippen LogP contribution in [0, 0.1) is 13.8 Å². The summed E-state index contributed by atoms with van der Waals surface area (Å²) in [4.78, 5) is 11.4. The third-order valence-electron chi connectivity index (χ3n) is 2.60. The molecule has 1 N–H and O–H groups in total. The van der Waals surface area contributed by atoms with E-state index >= 15 is 0 Å². The van der Waals surface area contributed by atoms with Crippen molar-refractivity contribution in [1.82, 2.24) is 0 Å². The molecule has 0 unspecified atom stereocenters. The van der Waals surface area contributed by atoms with Crippen molar-refractivity contribution in [2.45, 2.75) is 20.1 Å². The van der Waals surface area contributed by atoms with Gasteiger partial charge in [-0.1, -0.05) is 23.2 Å². The number of aliphatic hydroxyl groups excluding tert-OH is 1. The Kier molecular flexibility index (Phi) is 3.52. The van der Waals surface area contributed by atoms with Gasteiger partial charge in [-0.25, -0.2) is 4.79 Å². The maximum atomic E-state index is 11.4. The highest BCUT2D eigenvalue weighted by Crippen LogP contribution is 2.33. The van der Waals surface area contributed by atoms with Gasteiger partial charge in [-0.05, 0) is 37.1 Å². The van der Waals surface area contributed by atoms with Crippen molar-refractivity contribution in [3.05, 3.63) is 39.1 Å². The van der Waals surface area contributed by atoms with Gasteiger partial charge in [0.2, 0.25) is 12.0 Å². The summed E-state index contributed by atoms with van der Waals surface area (Å²) in [7, 11) is 0. The number of benzene rings is 1. The predicted molar refractivity (Wildman–Crippen MR) is 66.5 cm³/mol. The van der Waals surface area contributed by atoms with Crippen LogP contribution in [-0.2, 0) is 9.53 Å². The number of halogens is 2. The minimum atomic E-state index is -1.47. The molecule has 0 radical (unpaired) electrons. The number of ether oxygens (including phenoxy) is 2. The van der Waals surface area contributed by atoms with Crippen molar-refractivity contribution in [3.63, 3.8) is 0 Å². The van der Waals surface area contributed by atoms with Gasteiger partial charge in [0.1, 0.15) is 10.8 Å². The van der Waals surface area contributed by atoms with E-state index in [0.29, 0.717) is 10.8 Å². The van der Waals surface area contributed by atoms with Crippen LogP contribution in [0.15, 0.2) is 22.9 Å². The molecule has 0 saturated carbocycles. The summed E-state index contributed by atoms with van der Waals surface area (Å²) in [6.07, 6.45) is -1.47. The maximum absolute atomic E-state index is 11.4. The highest BCUT2D eigenvalue weighted by Gasteiger charge is 2.34. The summed E-state index contributed by atoms with van der Waals surface area (Å²) in [5.74, 6) is -0.768. The van der Waals surface area contributed by atoms with E-state index in [1.165, 1.54) is 0 Å². The zero-order valence-corrected chi connectivity index (χ0v) is 11.2. The van der Waals surface area contributed by atoms with Crippen molar-refractivity contribution in [3.8, 4) is 5.75 Å². The first kappa shape index (κ1) is 13.2.